The first kappa shape index (κ1) is 12.1. The lowest BCUT2D eigenvalue weighted by Crippen LogP contribution is -2.37. The number of nitrogen functional groups attached to an aromatic ring is 1. The zero-order chi connectivity index (χ0) is 12.6. The molecule has 0 unspecified atom stereocenters. The van der Waals surface area contributed by atoms with Crippen molar-refractivity contribution in [1.29, 1.82) is 0 Å². The molecule has 17 heavy (non-hydrogen) atoms. The Labute approximate surface area is 106 Å². The van der Waals surface area contributed by atoms with Gasteiger partial charge in [0.1, 0.15) is 5.82 Å². The Bertz CT molecular complexity index is 470. The number of hydrogen-bond acceptors (Lipinski definition) is 7. The average molecular weight is 252 g/mol. The van der Waals surface area contributed by atoms with Crippen molar-refractivity contribution < 1.29 is 0 Å². The van der Waals surface area contributed by atoms with Crippen molar-refractivity contribution in [3.63, 3.8) is 0 Å². The fourth-order valence-electron chi connectivity index (χ4n) is 1.95. The molecular formula is C10H16N6S. The third-order valence-electron chi connectivity index (χ3n) is 2.55. The van der Waals surface area contributed by atoms with Crippen LogP contribution in [0.1, 0.15) is 33.0 Å². The molecule has 2 N–H and O–H groups in total. The molecule has 0 aromatic carbocycles. The van der Waals surface area contributed by atoms with E-state index >= 15 is 0 Å². The number of hydrazone groups is 1. The zero-order valence-corrected chi connectivity index (χ0v) is 11.1. The Balaban J connectivity index is 2.43. The van der Waals surface area contributed by atoms with Gasteiger partial charge in [-0.15, -0.1) is 0 Å². The van der Waals surface area contributed by atoms with Crippen LogP contribution >= 0.6 is 12.6 Å². The standard InChI is InChI=1S/C10H16N6S/c1-6-4-10(2,3)16(15-6)9-13-7(5-17)12-8(11)14-9/h17H,4-5H2,1-3H3,(H2,11,12,13,14). The first-order valence-electron chi connectivity index (χ1n) is 5.38. The number of thiol groups is 1. The minimum Gasteiger partial charge on any atom is -0.368 e. The molecule has 0 fully saturated rings. The van der Waals surface area contributed by atoms with Gasteiger partial charge < -0.3 is 5.73 Å². The summed E-state index contributed by atoms with van der Waals surface area (Å²) in [6.45, 7) is 6.17. The van der Waals surface area contributed by atoms with E-state index in [2.05, 4.69) is 46.5 Å². The molecule has 1 aliphatic rings. The summed E-state index contributed by atoms with van der Waals surface area (Å²) < 4.78 is 0. The van der Waals surface area contributed by atoms with Gasteiger partial charge >= 0.3 is 0 Å². The van der Waals surface area contributed by atoms with E-state index in [0.29, 0.717) is 17.5 Å². The summed E-state index contributed by atoms with van der Waals surface area (Å²) in [5, 5.41) is 6.24. The van der Waals surface area contributed by atoms with Crippen LogP contribution in [0.5, 0.6) is 0 Å². The maximum Gasteiger partial charge on any atom is 0.251 e. The van der Waals surface area contributed by atoms with Gasteiger partial charge in [0.2, 0.25) is 5.95 Å². The van der Waals surface area contributed by atoms with E-state index in [9.17, 15) is 0 Å². The summed E-state index contributed by atoms with van der Waals surface area (Å²) in [4.78, 5) is 12.4. The highest BCUT2D eigenvalue weighted by Gasteiger charge is 2.35. The Hall–Kier alpha value is -1.37. The molecule has 0 atom stereocenters. The normalized spacial score (nSPS) is 18.4. The van der Waals surface area contributed by atoms with Gasteiger partial charge in [-0.25, -0.2) is 5.01 Å². The largest absolute Gasteiger partial charge is 0.368 e. The highest BCUT2D eigenvalue weighted by Crippen LogP contribution is 2.30. The predicted octanol–water partition coefficient (Wildman–Crippen LogP) is 1.25. The second-order valence-corrected chi connectivity index (χ2v) is 5.02. The fourth-order valence-corrected chi connectivity index (χ4v) is 2.09. The number of rotatable bonds is 2. The van der Waals surface area contributed by atoms with E-state index in [-0.39, 0.29) is 11.5 Å². The molecule has 7 heteroatoms. The van der Waals surface area contributed by atoms with Gasteiger partial charge in [-0.2, -0.15) is 32.7 Å². The molecule has 1 aliphatic heterocycles. The summed E-state index contributed by atoms with van der Waals surface area (Å²) in [5.41, 5.74) is 6.58. The van der Waals surface area contributed by atoms with E-state index in [0.717, 1.165) is 12.1 Å². The molecule has 1 aromatic heterocycles. The monoisotopic (exact) mass is 252 g/mol. The van der Waals surface area contributed by atoms with E-state index in [1.54, 1.807) is 5.01 Å². The molecule has 2 rings (SSSR count). The molecule has 0 spiro atoms. The third-order valence-corrected chi connectivity index (χ3v) is 2.83. The van der Waals surface area contributed by atoms with Crippen LogP contribution < -0.4 is 10.7 Å². The fraction of sp³-hybridized carbons (Fsp3) is 0.600. The number of anilines is 2. The second kappa shape index (κ2) is 4.14. The van der Waals surface area contributed by atoms with Crippen LogP contribution in [0.2, 0.25) is 0 Å². The molecule has 0 saturated carbocycles. The SMILES string of the molecule is CC1=NN(c2nc(N)nc(CS)n2)C(C)(C)C1. The Morgan fingerprint density at radius 2 is 2.06 bits per heavy atom. The average Bonchev–Trinajstić information content (AvgIpc) is 2.51. The number of nitrogens with two attached hydrogens (primary N) is 1. The highest BCUT2D eigenvalue weighted by molar-refractivity contribution is 7.79. The van der Waals surface area contributed by atoms with Gasteiger partial charge in [-0.1, -0.05) is 0 Å². The van der Waals surface area contributed by atoms with Crippen molar-refractivity contribution in [2.45, 2.75) is 38.5 Å². The van der Waals surface area contributed by atoms with Gasteiger partial charge in [-0.3, -0.25) is 0 Å². The minimum atomic E-state index is -0.133. The maximum atomic E-state index is 5.65. The molecule has 6 nitrogen and oxygen atoms in total. The van der Waals surface area contributed by atoms with Crippen LogP contribution in [-0.2, 0) is 5.75 Å². The van der Waals surface area contributed by atoms with Gasteiger partial charge in [-0.05, 0) is 20.8 Å². The van der Waals surface area contributed by atoms with E-state index in [1.165, 1.54) is 0 Å². The number of nitrogens with zero attached hydrogens (tertiary/aromatic N) is 5. The summed E-state index contributed by atoms with van der Waals surface area (Å²) >= 11 is 4.15. The van der Waals surface area contributed by atoms with Crippen LogP contribution in [0.3, 0.4) is 0 Å². The highest BCUT2D eigenvalue weighted by atomic mass is 32.1. The number of aromatic nitrogens is 3. The molecule has 0 aliphatic carbocycles. The van der Waals surface area contributed by atoms with E-state index in [4.69, 9.17) is 5.73 Å². The molecule has 92 valence electrons. The second-order valence-electron chi connectivity index (χ2n) is 4.70. The lowest BCUT2D eigenvalue weighted by molar-refractivity contribution is 0.505. The Morgan fingerprint density at radius 3 is 2.59 bits per heavy atom. The number of hydrogen-bond donors (Lipinski definition) is 2. The molecule has 2 heterocycles. The zero-order valence-electron chi connectivity index (χ0n) is 10.2. The first-order valence-corrected chi connectivity index (χ1v) is 6.01. The van der Waals surface area contributed by atoms with Crippen LogP contribution in [0.25, 0.3) is 0 Å². The van der Waals surface area contributed by atoms with Crippen molar-refractivity contribution in [2.75, 3.05) is 10.7 Å². The summed E-state index contributed by atoms with van der Waals surface area (Å²) in [5.74, 6) is 1.68. The quantitative estimate of drug-likeness (QED) is 0.774. The first-order chi connectivity index (χ1) is 7.92. The van der Waals surface area contributed by atoms with Crippen LogP contribution in [0, 0.1) is 0 Å². The van der Waals surface area contributed by atoms with E-state index in [1.807, 2.05) is 6.92 Å². The van der Waals surface area contributed by atoms with Gasteiger partial charge in [0.05, 0.1) is 11.3 Å². The van der Waals surface area contributed by atoms with Gasteiger partial charge in [0.25, 0.3) is 5.95 Å². The Morgan fingerprint density at radius 1 is 1.35 bits per heavy atom. The topological polar surface area (TPSA) is 80.3 Å². The van der Waals surface area contributed by atoms with Crippen molar-refractivity contribution in [3.8, 4) is 0 Å². The molecule has 0 amide bonds. The minimum absolute atomic E-state index is 0.133. The van der Waals surface area contributed by atoms with Crippen LogP contribution in [0.15, 0.2) is 5.10 Å². The van der Waals surface area contributed by atoms with Crippen molar-refractivity contribution >= 4 is 30.2 Å². The lowest BCUT2D eigenvalue weighted by Gasteiger charge is -2.28. The molecular weight excluding hydrogens is 236 g/mol. The van der Waals surface area contributed by atoms with Crippen molar-refractivity contribution in [2.24, 2.45) is 5.10 Å². The van der Waals surface area contributed by atoms with Crippen LogP contribution in [0.4, 0.5) is 11.9 Å². The maximum absolute atomic E-state index is 5.65. The molecule has 0 radical (unpaired) electrons. The lowest BCUT2D eigenvalue weighted by atomic mass is 9.99. The third kappa shape index (κ3) is 2.33. The molecule has 0 bridgehead atoms. The van der Waals surface area contributed by atoms with Crippen molar-refractivity contribution in [1.82, 2.24) is 15.0 Å². The summed E-state index contributed by atoms with van der Waals surface area (Å²) in [7, 11) is 0. The summed E-state index contributed by atoms with van der Waals surface area (Å²) in [6, 6.07) is 0. The van der Waals surface area contributed by atoms with Crippen LogP contribution in [-0.4, -0.2) is 26.2 Å². The Kier molecular flexibility index (Phi) is 2.94. The van der Waals surface area contributed by atoms with Gasteiger partial charge in [0.15, 0.2) is 0 Å². The molecule has 1 aromatic rings. The van der Waals surface area contributed by atoms with Gasteiger partial charge in [0, 0.05) is 12.1 Å². The predicted molar refractivity (Wildman–Crippen MR) is 71.2 cm³/mol. The van der Waals surface area contributed by atoms with Crippen molar-refractivity contribution in [3.05, 3.63) is 5.82 Å². The van der Waals surface area contributed by atoms with E-state index < -0.39 is 0 Å². The smallest absolute Gasteiger partial charge is 0.251 e. The molecule has 0 saturated heterocycles. The summed E-state index contributed by atoms with van der Waals surface area (Å²) in [6.07, 6.45) is 0.884.